The lowest BCUT2D eigenvalue weighted by Gasteiger charge is -2.39. The Kier molecular flexibility index (Phi) is 10.8. The van der Waals surface area contributed by atoms with E-state index < -0.39 is 49.6 Å². The summed E-state index contributed by atoms with van der Waals surface area (Å²) in [6.45, 7) is 9.80. The van der Waals surface area contributed by atoms with Crippen LogP contribution in [0.5, 0.6) is 0 Å². The van der Waals surface area contributed by atoms with Gasteiger partial charge in [-0.15, -0.1) is 0 Å². The first-order valence-corrected chi connectivity index (χ1v) is 21.5. The van der Waals surface area contributed by atoms with Crippen LogP contribution in [0.4, 0.5) is 0 Å². The van der Waals surface area contributed by atoms with Crippen molar-refractivity contribution in [3.8, 4) is 0 Å². The Morgan fingerprint density at radius 2 is 1.54 bits per heavy atom. The van der Waals surface area contributed by atoms with E-state index in [0.29, 0.717) is 38.6 Å². The van der Waals surface area contributed by atoms with Crippen molar-refractivity contribution in [2.45, 2.75) is 135 Å². The highest BCUT2D eigenvalue weighted by atomic mass is 32.2. The SMILES string of the molecule is CC1(C)C2CN(C(=O)[C@@H](CC(=O)CC3(CS(=O)(=O)C(C)(C)C)CCCCC3)C3Cc4ccccc4C3)[C@H](C(=O)CC(CC3CCC3)C(=O)C(N)=O)[C@H]21. The van der Waals surface area contributed by atoms with E-state index in [2.05, 4.69) is 26.0 Å². The number of carbonyl (C=O) groups is 5. The molecule has 0 radical (unpaired) electrons. The van der Waals surface area contributed by atoms with Gasteiger partial charge in [-0.3, -0.25) is 24.0 Å². The molecule has 2 amide bonds. The van der Waals surface area contributed by atoms with Crippen LogP contribution < -0.4 is 5.73 Å². The number of hydrogen-bond acceptors (Lipinski definition) is 7. The Morgan fingerprint density at radius 1 is 0.923 bits per heavy atom. The molecular weight excluding hydrogens is 677 g/mol. The Morgan fingerprint density at radius 3 is 2.08 bits per heavy atom. The van der Waals surface area contributed by atoms with Crippen molar-refractivity contribution in [3.05, 3.63) is 35.4 Å². The number of carbonyl (C=O) groups excluding carboxylic acids is 5. The number of hydrogen-bond donors (Lipinski definition) is 1. The number of nitrogens with two attached hydrogens (primary N) is 1. The molecule has 5 aliphatic rings. The van der Waals surface area contributed by atoms with E-state index in [1.165, 1.54) is 11.1 Å². The highest BCUT2D eigenvalue weighted by Crippen LogP contribution is 2.65. The quantitative estimate of drug-likeness (QED) is 0.223. The fourth-order valence-corrected chi connectivity index (χ4v) is 12.1. The van der Waals surface area contributed by atoms with E-state index in [9.17, 15) is 32.4 Å². The Bertz CT molecular complexity index is 1670. The molecule has 9 nitrogen and oxygen atoms in total. The molecule has 286 valence electrons. The van der Waals surface area contributed by atoms with Gasteiger partial charge in [0.05, 0.1) is 16.5 Å². The summed E-state index contributed by atoms with van der Waals surface area (Å²) in [5.41, 5.74) is 6.99. The largest absolute Gasteiger partial charge is 0.363 e. The van der Waals surface area contributed by atoms with E-state index in [4.69, 9.17) is 5.73 Å². The molecule has 1 aromatic rings. The van der Waals surface area contributed by atoms with Gasteiger partial charge in [0.25, 0.3) is 5.91 Å². The molecular formula is C42H60N2O7S. The van der Waals surface area contributed by atoms with Crippen molar-refractivity contribution in [3.63, 3.8) is 0 Å². The minimum Gasteiger partial charge on any atom is -0.363 e. The molecule has 3 saturated carbocycles. The highest BCUT2D eigenvalue weighted by molar-refractivity contribution is 7.92. The highest BCUT2D eigenvalue weighted by Gasteiger charge is 2.69. The van der Waals surface area contributed by atoms with Crippen LogP contribution in [0.2, 0.25) is 0 Å². The molecule has 0 aromatic heterocycles. The third-order valence-corrected chi connectivity index (χ3v) is 16.9. The number of benzene rings is 1. The number of amides is 2. The lowest BCUT2D eigenvalue weighted by atomic mass is 9.71. The summed E-state index contributed by atoms with van der Waals surface area (Å²) >= 11 is 0. The number of primary amides is 1. The Labute approximate surface area is 310 Å². The molecule has 2 N–H and O–H groups in total. The number of nitrogens with zero attached hydrogens (tertiary/aromatic N) is 1. The maximum atomic E-state index is 15.0. The van der Waals surface area contributed by atoms with Gasteiger partial charge in [0.15, 0.2) is 15.6 Å². The van der Waals surface area contributed by atoms with Crippen LogP contribution in [-0.2, 0) is 46.7 Å². The van der Waals surface area contributed by atoms with Crippen LogP contribution in [0, 0.1) is 46.3 Å². The number of piperidine rings is 1. The second-order valence-electron chi connectivity index (χ2n) is 18.9. The molecule has 1 saturated heterocycles. The molecule has 5 atom stereocenters. The lowest BCUT2D eigenvalue weighted by Crippen LogP contribution is -2.50. The zero-order valence-electron chi connectivity index (χ0n) is 32.0. The molecule has 0 spiro atoms. The number of ketones is 3. The molecule has 0 bridgehead atoms. The van der Waals surface area contributed by atoms with Gasteiger partial charge in [0.2, 0.25) is 11.7 Å². The molecule has 1 aromatic carbocycles. The maximum absolute atomic E-state index is 15.0. The van der Waals surface area contributed by atoms with Crippen molar-refractivity contribution in [2.75, 3.05) is 12.3 Å². The van der Waals surface area contributed by atoms with Crippen molar-refractivity contribution in [1.29, 1.82) is 0 Å². The normalized spacial score (nSPS) is 26.5. The predicted molar refractivity (Wildman–Crippen MR) is 200 cm³/mol. The summed E-state index contributed by atoms with van der Waals surface area (Å²) in [7, 11) is -3.49. The minimum absolute atomic E-state index is 0.00933. The predicted octanol–water partition coefficient (Wildman–Crippen LogP) is 5.83. The molecule has 4 aliphatic carbocycles. The molecule has 2 unspecified atom stereocenters. The van der Waals surface area contributed by atoms with E-state index >= 15 is 0 Å². The standard InChI is InChI=1S/C42H60N2O7S/c1-40(2,3)52(50,51)25-42(16-9-6-10-17-42)23-31(45)22-32(29-19-27-14-7-8-15-28(27)20-29)39(49)44-24-33-35(41(33,4)5)36(44)34(46)21-30(37(47)38(43)48)18-26-12-11-13-26/h7-8,14-15,26,29-30,32-33,35-36H,6,9-13,16-25H2,1-5H3,(H2,43,48)/t30?,32-,33?,35-,36+/m0/s1. The van der Waals surface area contributed by atoms with Gasteiger partial charge in [-0.25, -0.2) is 8.42 Å². The summed E-state index contributed by atoms with van der Waals surface area (Å²) in [5.74, 6) is -3.43. The summed E-state index contributed by atoms with van der Waals surface area (Å²) in [4.78, 5) is 70.4. The Balaban J connectivity index is 1.26. The van der Waals surface area contributed by atoms with Crippen LogP contribution in [-0.4, -0.2) is 65.6 Å². The van der Waals surface area contributed by atoms with Crippen molar-refractivity contribution >= 4 is 39.0 Å². The van der Waals surface area contributed by atoms with E-state index in [1.54, 1.807) is 25.7 Å². The second kappa shape index (κ2) is 14.4. The van der Waals surface area contributed by atoms with E-state index in [0.717, 1.165) is 38.5 Å². The summed E-state index contributed by atoms with van der Waals surface area (Å²) < 4.78 is 26.1. The maximum Gasteiger partial charge on any atom is 0.285 e. The van der Waals surface area contributed by atoms with Crippen molar-refractivity contribution < 1.29 is 32.4 Å². The fraction of sp³-hybridized carbons (Fsp3) is 0.738. The number of likely N-dealkylation sites (tertiary alicyclic amines) is 1. The van der Waals surface area contributed by atoms with Gasteiger partial charge in [0.1, 0.15) is 5.78 Å². The Hall–Kier alpha value is -2.88. The first kappa shape index (κ1) is 38.8. The first-order valence-electron chi connectivity index (χ1n) is 19.8. The fourth-order valence-electron chi connectivity index (χ4n) is 10.4. The van der Waals surface area contributed by atoms with E-state index in [-0.39, 0.29) is 71.6 Å². The summed E-state index contributed by atoms with van der Waals surface area (Å²) in [6, 6.07) is 7.41. The number of sulfone groups is 1. The smallest absolute Gasteiger partial charge is 0.285 e. The molecule has 1 aliphatic heterocycles. The number of Topliss-reactive ketones (excluding diaryl/α,β-unsaturated/α-hetero) is 3. The molecule has 6 rings (SSSR count). The molecule has 52 heavy (non-hydrogen) atoms. The molecule has 1 heterocycles. The average Bonchev–Trinajstić information content (AvgIpc) is 3.40. The molecule has 10 heteroatoms. The van der Waals surface area contributed by atoms with Gasteiger partial charge >= 0.3 is 0 Å². The second-order valence-corrected chi connectivity index (χ2v) is 21.7. The van der Waals surface area contributed by atoms with Gasteiger partial charge in [-0.05, 0) is 98.5 Å². The van der Waals surface area contributed by atoms with Gasteiger partial charge in [-0.2, -0.15) is 0 Å². The van der Waals surface area contributed by atoms with Gasteiger partial charge in [0, 0.05) is 37.6 Å². The van der Waals surface area contributed by atoms with Crippen LogP contribution in [0.3, 0.4) is 0 Å². The average molecular weight is 737 g/mol. The molecule has 4 fully saturated rings. The zero-order chi connectivity index (χ0) is 37.8. The van der Waals surface area contributed by atoms with E-state index in [1.807, 2.05) is 12.1 Å². The monoisotopic (exact) mass is 736 g/mol. The topological polar surface area (TPSA) is 149 Å². The van der Waals surface area contributed by atoms with Crippen LogP contribution in [0.25, 0.3) is 0 Å². The van der Waals surface area contributed by atoms with Crippen LogP contribution in [0.1, 0.15) is 123 Å². The van der Waals surface area contributed by atoms with Crippen molar-refractivity contribution in [2.24, 2.45) is 52.1 Å². The van der Waals surface area contributed by atoms with Gasteiger partial charge in [-0.1, -0.05) is 76.6 Å². The van der Waals surface area contributed by atoms with Crippen LogP contribution >= 0.6 is 0 Å². The minimum atomic E-state index is -3.49. The first-order chi connectivity index (χ1) is 24.3. The third-order valence-electron chi connectivity index (χ3n) is 14.1. The zero-order valence-corrected chi connectivity index (χ0v) is 32.8. The van der Waals surface area contributed by atoms with Crippen molar-refractivity contribution in [1.82, 2.24) is 4.90 Å². The number of rotatable bonds is 15. The summed E-state index contributed by atoms with van der Waals surface area (Å²) in [5, 5.41) is 0. The lowest BCUT2D eigenvalue weighted by molar-refractivity contribution is -0.147. The summed E-state index contributed by atoms with van der Waals surface area (Å²) in [6.07, 6.45) is 8.91. The van der Waals surface area contributed by atoms with Gasteiger partial charge < -0.3 is 10.6 Å². The number of fused-ring (bicyclic) bond motifs is 2. The van der Waals surface area contributed by atoms with Crippen LogP contribution in [0.15, 0.2) is 24.3 Å². The third kappa shape index (κ3) is 7.70.